The topological polar surface area (TPSA) is 94.1 Å². The minimum Gasteiger partial charge on any atom is -0.493 e. The quantitative estimate of drug-likeness (QED) is 0.497. The van der Waals surface area contributed by atoms with E-state index in [0.717, 1.165) is 34.7 Å². The summed E-state index contributed by atoms with van der Waals surface area (Å²) >= 11 is 0. The van der Waals surface area contributed by atoms with Gasteiger partial charge in [-0.2, -0.15) is 5.10 Å². The van der Waals surface area contributed by atoms with Crippen LogP contribution in [0.4, 0.5) is 0 Å². The number of nitrogens with zero attached hydrogens (tertiary/aromatic N) is 3. The Bertz CT molecular complexity index is 1110. The Morgan fingerprint density at radius 1 is 1.12 bits per heavy atom. The molecular formula is C24H33N5O3. The molecule has 2 N–H and O–H groups in total. The van der Waals surface area contributed by atoms with Crippen molar-refractivity contribution in [3.05, 3.63) is 45.8 Å². The van der Waals surface area contributed by atoms with Crippen molar-refractivity contribution in [2.24, 2.45) is 5.92 Å². The molecule has 2 heterocycles. The van der Waals surface area contributed by atoms with E-state index in [-0.39, 0.29) is 5.56 Å². The summed E-state index contributed by atoms with van der Waals surface area (Å²) in [6.07, 6.45) is 6.86. The summed E-state index contributed by atoms with van der Waals surface area (Å²) in [5, 5.41) is 11.4. The van der Waals surface area contributed by atoms with Crippen molar-refractivity contribution in [2.45, 2.75) is 58.5 Å². The number of hydrogen-bond donors (Lipinski definition) is 2. The van der Waals surface area contributed by atoms with E-state index in [2.05, 4.69) is 20.5 Å². The first-order chi connectivity index (χ1) is 15.6. The van der Waals surface area contributed by atoms with Crippen LogP contribution in [0.15, 0.2) is 23.0 Å². The van der Waals surface area contributed by atoms with Gasteiger partial charge in [-0.15, -0.1) is 0 Å². The number of H-pyrrole nitrogens is 1. The van der Waals surface area contributed by atoms with Crippen molar-refractivity contribution in [1.29, 1.82) is 0 Å². The van der Waals surface area contributed by atoms with Crippen LogP contribution in [0.3, 0.4) is 0 Å². The summed E-state index contributed by atoms with van der Waals surface area (Å²) in [7, 11) is 3.26. The van der Waals surface area contributed by atoms with Crippen LogP contribution in [-0.2, 0) is 19.5 Å². The van der Waals surface area contributed by atoms with Gasteiger partial charge in [-0.05, 0) is 37.8 Å². The van der Waals surface area contributed by atoms with E-state index in [9.17, 15) is 4.79 Å². The smallest absolute Gasteiger partial charge is 0.255 e. The normalized spacial score (nSPS) is 14.7. The number of rotatable bonds is 9. The second-order valence-corrected chi connectivity index (χ2v) is 8.62. The number of benzene rings is 1. The van der Waals surface area contributed by atoms with Crippen LogP contribution in [0.2, 0.25) is 0 Å². The molecule has 3 aromatic rings. The highest BCUT2D eigenvalue weighted by molar-refractivity contribution is 5.83. The first kappa shape index (κ1) is 22.3. The van der Waals surface area contributed by atoms with Crippen LogP contribution in [-0.4, -0.2) is 40.5 Å². The Labute approximate surface area is 188 Å². The van der Waals surface area contributed by atoms with E-state index >= 15 is 0 Å². The third-order valence-corrected chi connectivity index (χ3v) is 6.32. The average Bonchev–Trinajstić information content (AvgIpc) is 3.23. The molecule has 0 amide bonds. The predicted octanol–water partition coefficient (Wildman–Crippen LogP) is 3.36. The largest absolute Gasteiger partial charge is 0.493 e. The molecule has 1 aliphatic carbocycles. The van der Waals surface area contributed by atoms with Crippen molar-refractivity contribution in [1.82, 2.24) is 25.1 Å². The minimum absolute atomic E-state index is 0.0662. The molecule has 1 aliphatic rings. The van der Waals surface area contributed by atoms with Crippen molar-refractivity contribution >= 4 is 10.9 Å². The standard InChI is InChI=1S/C24H33N5O3/c1-16-26-23(28-27-16)9-10-25-14-19-11-18-12-21(31-2)22(32-3)13-20(18)29(24(19)30)15-17-7-5-4-6-8-17/h11-13,17,25H,4-10,14-15H2,1-3H3,(H,26,27,28). The monoisotopic (exact) mass is 439 g/mol. The number of nitrogens with one attached hydrogen (secondary N) is 2. The second-order valence-electron chi connectivity index (χ2n) is 8.62. The molecule has 0 saturated heterocycles. The van der Waals surface area contributed by atoms with E-state index < -0.39 is 0 Å². The highest BCUT2D eigenvalue weighted by Crippen LogP contribution is 2.33. The maximum atomic E-state index is 13.5. The van der Waals surface area contributed by atoms with Gasteiger partial charge in [0.05, 0.1) is 19.7 Å². The SMILES string of the molecule is COc1cc2cc(CNCCc3n[nH]c(C)n3)c(=O)n(CC3CCCCC3)c2cc1OC. The number of ether oxygens (including phenoxy) is 2. The molecule has 1 saturated carbocycles. The number of pyridine rings is 1. The van der Waals surface area contributed by atoms with Crippen LogP contribution >= 0.6 is 0 Å². The molecule has 0 aliphatic heterocycles. The lowest BCUT2D eigenvalue weighted by Gasteiger charge is -2.24. The highest BCUT2D eigenvalue weighted by Gasteiger charge is 2.19. The van der Waals surface area contributed by atoms with Gasteiger partial charge in [-0.25, -0.2) is 4.98 Å². The van der Waals surface area contributed by atoms with E-state index in [1.165, 1.54) is 32.1 Å². The molecule has 2 aromatic heterocycles. The summed E-state index contributed by atoms with van der Waals surface area (Å²) < 4.78 is 13.0. The Morgan fingerprint density at radius 3 is 2.56 bits per heavy atom. The van der Waals surface area contributed by atoms with Crippen LogP contribution < -0.4 is 20.3 Å². The van der Waals surface area contributed by atoms with Crippen molar-refractivity contribution < 1.29 is 9.47 Å². The summed E-state index contributed by atoms with van der Waals surface area (Å²) in [5.74, 6) is 3.44. The fraction of sp³-hybridized carbons (Fsp3) is 0.542. The van der Waals surface area contributed by atoms with Crippen molar-refractivity contribution in [3.8, 4) is 11.5 Å². The van der Waals surface area contributed by atoms with E-state index in [1.54, 1.807) is 14.2 Å². The van der Waals surface area contributed by atoms with E-state index in [1.807, 2.05) is 29.7 Å². The number of hydrogen-bond acceptors (Lipinski definition) is 6. The van der Waals surface area contributed by atoms with Gasteiger partial charge in [0.1, 0.15) is 5.82 Å². The lowest BCUT2D eigenvalue weighted by molar-refractivity contribution is 0.319. The molecule has 0 spiro atoms. The van der Waals surface area contributed by atoms with Crippen LogP contribution in [0.5, 0.6) is 11.5 Å². The lowest BCUT2D eigenvalue weighted by Crippen LogP contribution is -2.30. The van der Waals surface area contributed by atoms with E-state index in [4.69, 9.17) is 9.47 Å². The fourth-order valence-electron chi connectivity index (χ4n) is 4.63. The lowest BCUT2D eigenvalue weighted by atomic mass is 9.89. The van der Waals surface area contributed by atoms with Gasteiger partial charge in [0.25, 0.3) is 5.56 Å². The summed E-state index contributed by atoms with van der Waals surface area (Å²) in [4.78, 5) is 17.8. The Balaban J connectivity index is 1.62. The number of aryl methyl sites for hydroxylation is 1. The molecule has 1 aromatic carbocycles. The number of aromatic nitrogens is 4. The first-order valence-electron chi connectivity index (χ1n) is 11.5. The van der Waals surface area contributed by atoms with Crippen LogP contribution in [0.1, 0.15) is 49.3 Å². The van der Waals surface area contributed by atoms with Gasteiger partial charge in [-0.1, -0.05) is 19.3 Å². The summed E-state index contributed by atoms with van der Waals surface area (Å²) in [6, 6.07) is 5.87. The molecule has 0 radical (unpaired) electrons. The Morgan fingerprint density at radius 2 is 1.88 bits per heavy atom. The highest BCUT2D eigenvalue weighted by atomic mass is 16.5. The maximum Gasteiger partial charge on any atom is 0.255 e. The average molecular weight is 440 g/mol. The molecule has 0 bridgehead atoms. The predicted molar refractivity (Wildman–Crippen MR) is 124 cm³/mol. The van der Waals surface area contributed by atoms with E-state index in [0.29, 0.717) is 36.9 Å². The van der Waals surface area contributed by atoms with Crippen LogP contribution in [0, 0.1) is 12.8 Å². The number of fused-ring (bicyclic) bond motifs is 1. The minimum atomic E-state index is 0.0662. The van der Waals surface area contributed by atoms with Gasteiger partial charge in [0.15, 0.2) is 17.3 Å². The van der Waals surface area contributed by atoms with Crippen LogP contribution in [0.25, 0.3) is 10.9 Å². The Kier molecular flexibility index (Phi) is 7.09. The maximum absolute atomic E-state index is 13.5. The zero-order chi connectivity index (χ0) is 22.5. The zero-order valence-electron chi connectivity index (χ0n) is 19.2. The molecule has 0 unspecified atom stereocenters. The summed E-state index contributed by atoms with van der Waals surface area (Å²) in [6.45, 7) is 3.83. The fourth-order valence-corrected chi connectivity index (χ4v) is 4.63. The molecule has 0 atom stereocenters. The molecule has 32 heavy (non-hydrogen) atoms. The molecular weight excluding hydrogens is 406 g/mol. The molecule has 8 nitrogen and oxygen atoms in total. The molecule has 8 heteroatoms. The first-order valence-corrected chi connectivity index (χ1v) is 11.5. The van der Waals surface area contributed by atoms with Gasteiger partial charge in [0.2, 0.25) is 0 Å². The second kappa shape index (κ2) is 10.2. The molecule has 1 fully saturated rings. The van der Waals surface area contributed by atoms with Crippen molar-refractivity contribution in [3.63, 3.8) is 0 Å². The molecule has 4 rings (SSSR count). The van der Waals surface area contributed by atoms with Gasteiger partial charge >= 0.3 is 0 Å². The number of aromatic amines is 1. The van der Waals surface area contributed by atoms with Crippen molar-refractivity contribution in [2.75, 3.05) is 20.8 Å². The zero-order valence-corrected chi connectivity index (χ0v) is 19.2. The third-order valence-electron chi connectivity index (χ3n) is 6.32. The summed E-state index contributed by atoms with van der Waals surface area (Å²) in [5.41, 5.74) is 1.72. The van der Waals surface area contributed by atoms with Gasteiger partial charge < -0.3 is 19.4 Å². The third kappa shape index (κ3) is 4.96. The van der Waals surface area contributed by atoms with Gasteiger partial charge in [-0.3, -0.25) is 9.89 Å². The molecule has 172 valence electrons. The van der Waals surface area contributed by atoms with Gasteiger partial charge in [0, 0.05) is 43.1 Å². The Hall–Kier alpha value is -2.87. The number of methoxy groups -OCH3 is 2.